The van der Waals surface area contributed by atoms with Gasteiger partial charge in [-0.25, -0.2) is 0 Å². The van der Waals surface area contributed by atoms with Crippen LogP contribution in [0.5, 0.6) is 0 Å². The Morgan fingerprint density at radius 3 is 2.62 bits per heavy atom. The van der Waals surface area contributed by atoms with Crippen molar-refractivity contribution in [3.8, 4) is 16.8 Å². The molecular formula is C30H27IN8O3. The number of alkyl halides is 1. The molecule has 6 rings (SSSR count). The number of hydrogen-bond donors (Lipinski definition) is 2. The molecule has 1 fully saturated rings. The van der Waals surface area contributed by atoms with E-state index in [2.05, 4.69) is 43.2 Å². The third kappa shape index (κ3) is 5.24. The normalized spacial score (nSPS) is 16.6. The number of likely N-dealkylation sites (tertiary alicyclic amines) is 1. The van der Waals surface area contributed by atoms with E-state index in [1.165, 1.54) is 4.68 Å². The van der Waals surface area contributed by atoms with Crippen LogP contribution in [0, 0.1) is 6.92 Å². The first kappa shape index (κ1) is 27.6. The summed E-state index contributed by atoms with van der Waals surface area (Å²) in [6.45, 7) is 2.28. The van der Waals surface area contributed by atoms with E-state index in [0.717, 1.165) is 22.5 Å². The van der Waals surface area contributed by atoms with E-state index in [4.69, 9.17) is 5.73 Å². The molecule has 1 aliphatic rings. The maximum Gasteiger partial charge on any atom is 0.269 e. The molecule has 4 heterocycles. The van der Waals surface area contributed by atoms with E-state index in [1.807, 2.05) is 66.2 Å². The molecule has 0 bridgehead atoms. The smallest absolute Gasteiger partial charge is 0.269 e. The van der Waals surface area contributed by atoms with Crippen LogP contribution in [0.15, 0.2) is 79.3 Å². The lowest BCUT2D eigenvalue weighted by molar-refractivity contribution is -0.137. The number of nitrogens with zero attached hydrogens (tertiary/aromatic N) is 6. The minimum absolute atomic E-state index is 0.0704. The van der Waals surface area contributed by atoms with Crippen LogP contribution in [0.1, 0.15) is 22.6 Å². The van der Waals surface area contributed by atoms with Crippen LogP contribution in [-0.4, -0.2) is 63.7 Å². The highest BCUT2D eigenvalue weighted by molar-refractivity contribution is 14.1. The number of primary amides is 1. The summed E-state index contributed by atoms with van der Waals surface area (Å²) in [6.07, 6.45) is 5.67. The van der Waals surface area contributed by atoms with Gasteiger partial charge in [-0.05, 0) is 61.4 Å². The molecule has 1 aliphatic heterocycles. The number of fused-ring (bicyclic) bond motifs is 1. The number of nitrogens with two attached hydrogens (primary N) is 1. The summed E-state index contributed by atoms with van der Waals surface area (Å²) in [5.74, 6) is -1.22. The number of halogens is 1. The van der Waals surface area contributed by atoms with Gasteiger partial charge in [0, 0.05) is 33.3 Å². The molecule has 2 unspecified atom stereocenters. The Bertz CT molecular complexity index is 1820. The van der Waals surface area contributed by atoms with Gasteiger partial charge in [0.2, 0.25) is 11.8 Å². The van der Waals surface area contributed by atoms with Gasteiger partial charge in [0.05, 0.1) is 29.3 Å². The Morgan fingerprint density at radius 2 is 1.88 bits per heavy atom. The van der Waals surface area contributed by atoms with E-state index in [1.54, 1.807) is 29.4 Å². The number of hydrogen-bond acceptors (Lipinski definition) is 6. The minimum Gasteiger partial charge on any atom is -0.364 e. The molecule has 3 amide bonds. The Hall–Kier alpha value is -4.59. The molecule has 42 heavy (non-hydrogen) atoms. The fourth-order valence-electron chi connectivity index (χ4n) is 5.39. The standard InChI is InChI=1S/C30H27IN8O3/c1-18-5-4-12-37(18)25-7-3-2-6-23(25)35-30(42)26-14-21(31)16-38(26)27(40)17-39-24-9-8-19(20-10-11-33-34-15-20)13-22(24)28(36-39)29(32)41/h2-13,15,21,26H,14,16-17H2,1H3,(H2,32,41)(H,35,42). The number of aromatic nitrogens is 5. The summed E-state index contributed by atoms with van der Waals surface area (Å²) in [5, 5.41) is 15.7. The second-order valence-electron chi connectivity index (χ2n) is 10.2. The Labute approximate surface area is 254 Å². The van der Waals surface area contributed by atoms with Crippen LogP contribution < -0.4 is 11.1 Å². The van der Waals surface area contributed by atoms with Crippen molar-refractivity contribution in [2.45, 2.75) is 29.9 Å². The summed E-state index contributed by atoms with van der Waals surface area (Å²) in [4.78, 5) is 41.2. The first-order chi connectivity index (χ1) is 20.3. The highest BCUT2D eigenvalue weighted by Gasteiger charge is 2.39. The van der Waals surface area contributed by atoms with Gasteiger partial charge >= 0.3 is 0 Å². The number of para-hydroxylation sites is 2. The van der Waals surface area contributed by atoms with Crippen LogP contribution >= 0.6 is 22.6 Å². The highest BCUT2D eigenvalue weighted by Crippen LogP contribution is 2.29. The first-order valence-corrected chi connectivity index (χ1v) is 14.6. The monoisotopic (exact) mass is 674 g/mol. The molecule has 2 aromatic carbocycles. The molecule has 5 aromatic rings. The third-order valence-electron chi connectivity index (χ3n) is 7.43. The van der Waals surface area contributed by atoms with E-state index < -0.39 is 11.9 Å². The van der Waals surface area contributed by atoms with Crippen LogP contribution in [0.25, 0.3) is 27.7 Å². The molecule has 3 N–H and O–H groups in total. The van der Waals surface area contributed by atoms with E-state index >= 15 is 0 Å². The molecule has 212 valence electrons. The number of rotatable bonds is 7. The van der Waals surface area contributed by atoms with Gasteiger partial charge in [-0.3, -0.25) is 19.1 Å². The summed E-state index contributed by atoms with van der Waals surface area (Å²) >= 11 is 2.28. The average molecular weight is 675 g/mol. The van der Waals surface area contributed by atoms with Crippen molar-refractivity contribution in [1.82, 2.24) is 29.4 Å². The van der Waals surface area contributed by atoms with E-state index in [-0.39, 0.29) is 28.0 Å². The molecule has 0 spiro atoms. The van der Waals surface area contributed by atoms with Gasteiger partial charge in [0.1, 0.15) is 12.6 Å². The lowest BCUT2D eigenvalue weighted by Crippen LogP contribution is -2.44. The van der Waals surface area contributed by atoms with Gasteiger partial charge in [0.25, 0.3) is 5.91 Å². The Balaban J connectivity index is 1.26. The lowest BCUT2D eigenvalue weighted by atomic mass is 10.0. The molecule has 3 aromatic heterocycles. The van der Waals surface area contributed by atoms with Crippen molar-refractivity contribution >= 4 is 56.9 Å². The van der Waals surface area contributed by atoms with Gasteiger partial charge in [-0.15, -0.1) is 0 Å². The molecule has 0 aliphatic carbocycles. The van der Waals surface area contributed by atoms with E-state index in [9.17, 15) is 14.4 Å². The summed E-state index contributed by atoms with van der Waals surface area (Å²) in [7, 11) is 0. The van der Waals surface area contributed by atoms with Crippen LogP contribution in [0.3, 0.4) is 0 Å². The van der Waals surface area contributed by atoms with Crippen LogP contribution in [-0.2, 0) is 16.1 Å². The third-order valence-corrected chi connectivity index (χ3v) is 8.34. The predicted molar refractivity (Wildman–Crippen MR) is 166 cm³/mol. The number of anilines is 1. The van der Waals surface area contributed by atoms with Crippen molar-refractivity contribution in [2.24, 2.45) is 5.73 Å². The minimum atomic E-state index is -0.696. The fourth-order valence-corrected chi connectivity index (χ4v) is 6.30. The van der Waals surface area contributed by atoms with Crippen LogP contribution in [0.2, 0.25) is 0 Å². The number of benzene rings is 2. The van der Waals surface area contributed by atoms with Gasteiger partial charge < -0.3 is 20.5 Å². The van der Waals surface area contributed by atoms with Crippen molar-refractivity contribution in [3.05, 3.63) is 90.6 Å². The van der Waals surface area contributed by atoms with Gasteiger partial charge in [-0.1, -0.05) is 40.8 Å². The molecule has 0 radical (unpaired) electrons. The predicted octanol–water partition coefficient (Wildman–Crippen LogP) is 3.73. The van der Waals surface area contributed by atoms with E-state index in [0.29, 0.717) is 29.6 Å². The van der Waals surface area contributed by atoms with Crippen LogP contribution in [0.4, 0.5) is 5.69 Å². The molecule has 12 heteroatoms. The number of carbonyl (C=O) groups excluding carboxylic acids is 3. The maximum absolute atomic E-state index is 13.7. The summed E-state index contributed by atoms with van der Waals surface area (Å²) < 4.78 is 3.59. The largest absolute Gasteiger partial charge is 0.364 e. The topological polar surface area (TPSA) is 141 Å². The quantitative estimate of drug-likeness (QED) is 0.199. The Morgan fingerprint density at radius 1 is 1.05 bits per heavy atom. The number of carbonyl (C=O) groups is 3. The number of nitrogens with one attached hydrogen (secondary N) is 1. The molecule has 11 nitrogen and oxygen atoms in total. The van der Waals surface area contributed by atoms with Gasteiger partial charge in [-0.2, -0.15) is 15.3 Å². The van der Waals surface area contributed by atoms with Crippen molar-refractivity contribution in [2.75, 3.05) is 11.9 Å². The zero-order valence-corrected chi connectivity index (χ0v) is 24.8. The first-order valence-electron chi connectivity index (χ1n) is 13.4. The zero-order chi connectivity index (χ0) is 29.4. The molecule has 0 saturated carbocycles. The fraction of sp³-hybridized carbons (Fsp3) is 0.200. The molecule has 1 saturated heterocycles. The maximum atomic E-state index is 13.7. The van der Waals surface area contributed by atoms with Gasteiger partial charge in [0.15, 0.2) is 5.69 Å². The highest BCUT2D eigenvalue weighted by atomic mass is 127. The molecule has 2 atom stereocenters. The number of aryl methyl sites for hydroxylation is 1. The summed E-state index contributed by atoms with van der Waals surface area (Å²) in [5.41, 5.74) is 10.5. The van der Waals surface area contributed by atoms with Crippen molar-refractivity contribution in [1.29, 1.82) is 0 Å². The molecular weight excluding hydrogens is 647 g/mol. The second kappa shape index (κ2) is 11.4. The van der Waals surface area contributed by atoms with Crippen molar-refractivity contribution in [3.63, 3.8) is 0 Å². The number of amides is 3. The van der Waals surface area contributed by atoms with Crippen molar-refractivity contribution < 1.29 is 14.4 Å². The lowest BCUT2D eigenvalue weighted by Gasteiger charge is -2.24. The average Bonchev–Trinajstić information content (AvgIpc) is 3.70. The zero-order valence-electron chi connectivity index (χ0n) is 22.6. The SMILES string of the molecule is Cc1cccn1-c1ccccc1NC(=O)C1CC(I)CN1C(=O)Cn1nc(C(N)=O)c2cc(-c3ccnnc3)ccc21. The summed E-state index contributed by atoms with van der Waals surface area (Å²) in [6, 6.07) is 18.2. The second-order valence-corrected chi connectivity index (χ2v) is 11.9. The Kier molecular flexibility index (Phi) is 7.45.